The second-order valence-corrected chi connectivity index (χ2v) is 7.99. The molecule has 0 aliphatic carbocycles. The average molecular weight is 440 g/mol. The van der Waals surface area contributed by atoms with E-state index in [1.165, 1.54) is 21.3 Å². The lowest BCUT2D eigenvalue weighted by molar-refractivity contribution is -0.122. The minimum atomic E-state index is -0.451. The number of carbonyl (C=O) groups is 2. The summed E-state index contributed by atoms with van der Waals surface area (Å²) in [6, 6.07) is 11.3. The van der Waals surface area contributed by atoms with E-state index < -0.39 is 5.92 Å². The van der Waals surface area contributed by atoms with E-state index in [-0.39, 0.29) is 24.8 Å². The molecule has 2 amide bonds. The lowest BCUT2D eigenvalue weighted by atomic mass is 10.1. The Balaban J connectivity index is 1.52. The van der Waals surface area contributed by atoms with Crippen LogP contribution in [-0.4, -0.2) is 52.8 Å². The SMILES string of the molecule is COc1cc(N2CC(C(=O)Nc3ccccc3N3CCCC3)CC2=O)cc(OC)c1OC. The Kier molecular flexibility index (Phi) is 6.39. The molecule has 0 radical (unpaired) electrons. The quantitative estimate of drug-likeness (QED) is 0.713. The molecule has 1 atom stereocenters. The lowest BCUT2D eigenvalue weighted by Gasteiger charge is -2.22. The van der Waals surface area contributed by atoms with Gasteiger partial charge in [0.15, 0.2) is 11.5 Å². The van der Waals surface area contributed by atoms with Gasteiger partial charge in [0.25, 0.3) is 0 Å². The number of carbonyl (C=O) groups excluding carboxylic acids is 2. The third-order valence-corrected chi connectivity index (χ3v) is 6.07. The molecule has 4 rings (SSSR count). The first-order valence-corrected chi connectivity index (χ1v) is 10.8. The smallest absolute Gasteiger partial charge is 0.229 e. The molecule has 2 saturated heterocycles. The van der Waals surface area contributed by atoms with Crippen LogP contribution >= 0.6 is 0 Å². The molecule has 1 N–H and O–H groups in total. The summed E-state index contributed by atoms with van der Waals surface area (Å²) in [4.78, 5) is 29.8. The number of hydrogen-bond acceptors (Lipinski definition) is 6. The molecule has 2 fully saturated rings. The molecule has 32 heavy (non-hydrogen) atoms. The first-order valence-electron chi connectivity index (χ1n) is 10.8. The van der Waals surface area contributed by atoms with Gasteiger partial charge >= 0.3 is 0 Å². The van der Waals surface area contributed by atoms with Crippen LogP contribution in [0.3, 0.4) is 0 Å². The standard InChI is InChI=1S/C24H29N3O5/c1-30-20-13-17(14-21(31-2)23(20)32-3)27-15-16(12-22(27)28)24(29)25-18-8-4-5-9-19(18)26-10-6-7-11-26/h4-5,8-9,13-14,16H,6-7,10-12,15H2,1-3H3,(H,25,29). The Labute approximate surface area is 188 Å². The Bertz CT molecular complexity index is 978. The number of hydrogen-bond donors (Lipinski definition) is 1. The van der Waals surface area contributed by atoms with Crippen LogP contribution < -0.4 is 29.3 Å². The second-order valence-electron chi connectivity index (χ2n) is 7.99. The van der Waals surface area contributed by atoms with Crippen LogP contribution in [0.5, 0.6) is 17.2 Å². The van der Waals surface area contributed by atoms with E-state index in [1.807, 2.05) is 24.3 Å². The maximum atomic E-state index is 13.1. The summed E-state index contributed by atoms with van der Waals surface area (Å²) in [7, 11) is 4.59. The van der Waals surface area contributed by atoms with Crippen LogP contribution in [0.2, 0.25) is 0 Å². The number of ether oxygens (including phenoxy) is 3. The van der Waals surface area contributed by atoms with Gasteiger partial charge in [-0.1, -0.05) is 12.1 Å². The van der Waals surface area contributed by atoms with Crippen molar-refractivity contribution >= 4 is 28.9 Å². The molecule has 2 heterocycles. The third kappa shape index (κ3) is 4.17. The predicted molar refractivity (Wildman–Crippen MR) is 123 cm³/mol. The van der Waals surface area contributed by atoms with Crippen molar-refractivity contribution in [3.63, 3.8) is 0 Å². The Morgan fingerprint density at radius 2 is 1.66 bits per heavy atom. The van der Waals surface area contributed by atoms with Gasteiger partial charge in [-0.25, -0.2) is 0 Å². The zero-order valence-corrected chi connectivity index (χ0v) is 18.7. The molecule has 170 valence electrons. The summed E-state index contributed by atoms with van der Waals surface area (Å²) in [5.41, 5.74) is 2.43. The molecular formula is C24H29N3O5. The number of para-hydroxylation sites is 2. The number of nitrogens with one attached hydrogen (secondary N) is 1. The predicted octanol–water partition coefficient (Wildman–Crippen LogP) is 3.30. The van der Waals surface area contributed by atoms with Crippen molar-refractivity contribution in [2.45, 2.75) is 19.3 Å². The molecular weight excluding hydrogens is 410 g/mol. The number of methoxy groups -OCH3 is 3. The Morgan fingerprint density at radius 1 is 1.00 bits per heavy atom. The highest BCUT2D eigenvalue weighted by atomic mass is 16.5. The number of anilines is 3. The molecule has 8 nitrogen and oxygen atoms in total. The fraction of sp³-hybridized carbons (Fsp3) is 0.417. The van der Waals surface area contributed by atoms with E-state index >= 15 is 0 Å². The average Bonchev–Trinajstić information content (AvgIpc) is 3.48. The van der Waals surface area contributed by atoms with Gasteiger partial charge in [-0.2, -0.15) is 0 Å². The number of benzene rings is 2. The summed E-state index contributed by atoms with van der Waals surface area (Å²) in [5.74, 6) is 0.655. The Hall–Kier alpha value is -3.42. The van der Waals surface area contributed by atoms with Gasteiger partial charge < -0.3 is 29.3 Å². The molecule has 0 aromatic heterocycles. The minimum Gasteiger partial charge on any atom is -0.493 e. The first kappa shape index (κ1) is 21.8. The van der Waals surface area contributed by atoms with Gasteiger partial charge in [0.1, 0.15) is 0 Å². The molecule has 1 unspecified atom stereocenters. The molecule has 2 aromatic rings. The highest BCUT2D eigenvalue weighted by molar-refractivity contribution is 6.04. The van der Waals surface area contributed by atoms with Crippen LogP contribution in [0.15, 0.2) is 36.4 Å². The van der Waals surface area contributed by atoms with E-state index in [9.17, 15) is 9.59 Å². The zero-order valence-electron chi connectivity index (χ0n) is 18.7. The van der Waals surface area contributed by atoms with Crippen molar-refractivity contribution in [1.29, 1.82) is 0 Å². The summed E-state index contributed by atoms with van der Waals surface area (Å²) < 4.78 is 16.2. The first-order chi connectivity index (χ1) is 15.5. The van der Waals surface area contributed by atoms with E-state index in [2.05, 4.69) is 10.2 Å². The number of nitrogens with zero attached hydrogens (tertiary/aromatic N) is 2. The van der Waals surface area contributed by atoms with E-state index in [0.717, 1.165) is 37.3 Å². The van der Waals surface area contributed by atoms with Crippen LogP contribution in [0.4, 0.5) is 17.1 Å². The van der Waals surface area contributed by atoms with E-state index in [4.69, 9.17) is 14.2 Å². The van der Waals surface area contributed by atoms with Gasteiger partial charge in [0.05, 0.1) is 44.3 Å². The van der Waals surface area contributed by atoms with Crippen molar-refractivity contribution in [2.24, 2.45) is 5.92 Å². The third-order valence-electron chi connectivity index (χ3n) is 6.07. The maximum absolute atomic E-state index is 13.1. The molecule has 0 spiro atoms. The fourth-order valence-electron chi connectivity index (χ4n) is 4.40. The molecule has 2 aliphatic heterocycles. The molecule has 2 aliphatic rings. The maximum Gasteiger partial charge on any atom is 0.229 e. The minimum absolute atomic E-state index is 0.118. The number of rotatable bonds is 7. The molecule has 0 bridgehead atoms. The summed E-state index contributed by atoms with van der Waals surface area (Å²) in [6.07, 6.45) is 2.46. The van der Waals surface area contributed by atoms with Gasteiger partial charge in [-0.3, -0.25) is 9.59 Å². The number of amides is 2. The van der Waals surface area contributed by atoms with Crippen LogP contribution in [0.1, 0.15) is 19.3 Å². The van der Waals surface area contributed by atoms with Gasteiger partial charge in [0.2, 0.25) is 17.6 Å². The molecule has 8 heteroatoms. The van der Waals surface area contributed by atoms with Crippen LogP contribution in [0, 0.1) is 5.92 Å². The largest absolute Gasteiger partial charge is 0.493 e. The Morgan fingerprint density at radius 3 is 2.28 bits per heavy atom. The normalized spacial score (nSPS) is 18.1. The van der Waals surface area contributed by atoms with Gasteiger partial charge in [-0.05, 0) is 25.0 Å². The van der Waals surface area contributed by atoms with Crippen molar-refractivity contribution < 1.29 is 23.8 Å². The lowest BCUT2D eigenvalue weighted by Crippen LogP contribution is -2.29. The van der Waals surface area contributed by atoms with Crippen molar-refractivity contribution in [3.05, 3.63) is 36.4 Å². The summed E-state index contributed by atoms with van der Waals surface area (Å²) in [6.45, 7) is 2.27. The van der Waals surface area contributed by atoms with Gasteiger partial charge in [0, 0.05) is 38.2 Å². The van der Waals surface area contributed by atoms with Crippen LogP contribution in [-0.2, 0) is 9.59 Å². The monoisotopic (exact) mass is 439 g/mol. The summed E-state index contributed by atoms with van der Waals surface area (Å²) >= 11 is 0. The second kappa shape index (κ2) is 9.38. The molecule has 2 aromatic carbocycles. The van der Waals surface area contributed by atoms with Gasteiger partial charge in [-0.15, -0.1) is 0 Å². The van der Waals surface area contributed by atoms with Crippen molar-refractivity contribution in [3.8, 4) is 17.2 Å². The van der Waals surface area contributed by atoms with Crippen molar-refractivity contribution in [1.82, 2.24) is 0 Å². The highest BCUT2D eigenvalue weighted by Gasteiger charge is 2.36. The molecule has 0 saturated carbocycles. The highest BCUT2D eigenvalue weighted by Crippen LogP contribution is 2.42. The summed E-state index contributed by atoms with van der Waals surface area (Å²) in [5, 5.41) is 3.06. The van der Waals surface area contributed by atoms with E-state index in [1.54, 1.807) is 17.0 Å². The topological polar surface area (TPSA) is 80.3 Å². The zero-order chi connectivity index (χ0) is 22.7. The van der Waals surface area contributed by atoms with Crippen molar-refractivity contribution in [2.75, 3.05) is 56.1 Å². The fourth-order valence-corrected chi connectivity index (χ4v) is 4.40. The van der Waals surface area contributed by atoms with E-state index in [0.29, 0.717) is 22.9 Å². The van der Waals surface area contributed by atoms with Crippen LogP contribution in [0.25, 0.3) is 0 Å².